The Balaban J connectivity index is 1.69. The van der Waals surface area contributed by atoms with Crippen LogP contribution in [0, 0.1) is 11.6 Å². The number of hydrogen-bond donors (Lipinski definition) is 2. The van der Waals surface area contributed by atoms with Crippen molar-refractivity contribution in [3.63, 3.8) is 0 Å². The van der Waals surface area contributed by atoms with E-state index in [2.05, 4.69) is 21.1 Å². The molecule has 2 aromatic rings. The Bertz CT molecular complexity index is 768. The number of rotatable bonds is 7. The van der Waals surface area contributed by atoms with Crippen LogP contribution < -0.4 is 10.9 Å². The predicted octanol–water partition coefficient (Wildman–Crippen LogP) is 2.35. The van der Waals surface area contributed by atoms with Crippen molar-refractivity contribution in [3.8, 4) is 0 Å². The summed E-state index contributed by atoms with van der Waals surface area (Å²) in [5, 5.41) is 7.37. The van der Waals surface area contributed by atoms with E-state index >= 15 is 0 Å². The number of nitrogens with zero attached hydrogens (tertiary/aromatic N) is 2. The summed E-state index contributed by atoms with van der Waals surface area (Å²) in [6.45, 7) is 0. The van der Waals surface area contributed by atoms with Crippen LogP contribution in [-0.4, -0.2) is 24.2 Å². The number of benzene rings is 2. The average Bonchev–Trinajstić information content (AvgIpc) is 2.60. The van der Waals surface area contributed by atoms with Crippen LogP contribution in [-0.2, 0) is 9.59 Å². The Kier molecular flexibility index (Phi) is 7.11. The van der Waals surface area contributed by atoms with Gasteiger partial charge in [0, 0.05) is 12.8 Å². The van der Waals surface area contributed by atoms with Gasteiger partial charge in [-0.05, 0) is 35.4 Å². The van der Waals surface area contributed by atoms with Crippen molar-refractivity contribution < 1.29 is 18.4 Å². The van der Waals surface area contributed by atoms with E-state index in [1.54, 1.807) is 12.1 Å². The van der Waals surface area contributed by atoms with Crippen LogP contribution in [0.3, 0.4) is 0 Å². The Morgan fingerprint density at radius 2 is 1.23 bits per heavy atom. The third-order valence-electron chi connectivity index (χ3n) is 3.08. The average molecular weight is 358 g/mol. The van der Waals surface area contributed by atoms with E-state index in [-0.39, 0.29) is 12.8 Å². The summed E-state index contributed by atoms with van der Waals surface area (Å²) >= 11 is 0. The zero-order valence-corrected chi connectivity index (χ0v) is 13.7. The van der Waals surface area contributed by atoms with Gasteiger partial charge >= 0.3 is 0 Å². The van der Waals surface area contributed by atoms with Crippen LogP contribution in [0.1, 0.15) is 24.0 Å². The van der Waals surface area contributed by atoms with Gasteiger partial charge in [-0.1, -0.05) is 24.3 Å². The lowest BCUT2D eigenvalue weighted by Gasteiger charge is -2.00. The molecule has 0 aliphatic carbocycles. The van der Waals surface area contributed by atoms with E-state index in [1.807, 2.05) is 0 Å². The lowest BCUT2D eigenvalue weighted by Crippen LogP contribution is -2.22. The van der Waals surface area contributed by atoms with E-state index < -0.39 is 23.4 Å². The number of carbonyl (C=O) groups excluding carboxylic acids is 2. The minimum absolute atomic E-state index is 0.0954. The number of amides is 2. The molecule has 0 spiro atoms. The fraction of sp³-hybridized carbons (Fsp3) is 0.111. The van der Waals surface area contributed by atoms with Gasteiger partial charge in [-0.25, -0.2) is 19.6 Å². The lowest BCUT2D eigenvalue weighted by molar-refractivity contribution is -0.126. The van der Waals surface area contributed by atoms with Gasteiger partial charge in [0.15, 0.2) is 0 Å². The molecule has 0 fully saturated rings. The fourth-order valence-electron chi connectivity index (χ4n) is 1.87. The maximum Gasteiger partial charge on any atom is 0.240 e. The molecule has 26 heavy (non-hydrogen) atoms. The van der Waals surface area contributed by atoms with Crippen molar-refractivity contribution in [2.75, 3.05) is 0 Å². The zero-order chi connectivity index (χ0) is 18.8. The van der Waals surface area contributed by atoms with Crippen LogP contribution in [0.2, 0.25) is 0 Å². The first-order chi connectivity index (χ1) is 12.5. The number of nitrogens with one attached hydrogen (secondary N) is 2. The smallest absolute Gasteiger partial charge is 0.240 e. The number of hydrogen-bond acceptors (Lipinski definition) is 4. The second-order valence-corrected chi connectivity index (χ2v) is 5.20. The molecule has 0 unspecified atom stereocenters. The van der Waals surface area contributed by atoms with Crippen molar-refractivity contribution >= 4 is 24.2 Å². The molecule has 8 heteroatoms. The van der Waals surface area contributed by atoms with E-state index in [0.717, 1.165) is 0 Å². The maximum atomic E-state index is 13.0. The molecular weight excluding hydrogens is 342 g/mol. The standard InChI is InChI=1S/C18H16F2N4O2/c19-15-5-1-3-13(9-15)11-21-23-17(25)7-8-18(26)24-22-12-14-4-2-6-16(20)10-14/h1-6,9-12H,7-8H2,(H,23,25)(H,24,26). The first-order valence-electron chi connectivity index (χ1n) is 7.68. The highest BCUT2D eigenvalue weighted by Gasteiger charge is 2.05. The molecule has 0 aromatic heterocycles. The van der Waals surface area contributed by atoms with Crippen molar-refractivity contribution in [2.24, 2.45) is 10.2 Å². The molecule has 0 atom stereocenters. The fourth-order valence-corrected chi connectivity index (χ4v) is 1.87. The molecule has 0 aliphatic rings. The molecular formula is C18H16F2N4O2. The van der Waals surface area contributed by atoms with Gasteiger partial charge < -0.3 is 0 Å². The van der Waals surface area contributed by atoms with Gasteiger partial charge in [0.05, 0.1) is 12.4 Å². The lowest BCUT2D eigenvalue weighted by atomic mass is 10.2. The van der Waals surface area contributed by atoms with Crippen LogP contribution in [0.25, 0.3) is 0 Å². The molecule has 0 bridgehead atoms. The molecule has 134 valence electrons. The Labute approximate surface area is 148 Å². The van der Waals surface area contributed by atoms with Gasteiger partial charge in [0.2, 0.25) is 11.8 Å². The van der Waals surface area contributed by atoms with Crippen molar-refractivity contribution in [2.45, 2.75) is 12.8 Å². The largest absolute Gasteiger partial charge is 0.273 e. The summed E-state index contributed by atoms with van der Waals surface area (Å²) in [6.07, 6.45) is 2.40. The van der Waals surface area contributed by atoms with E-state index in [9.17, 15) is 18.4 Å². The van der Waals surface area contributed by atoms with Gasteiger partial charge in [0.25, 0.3) is 0 Å². The quantitative estimate of drug-likeness (QED) is 0.588. The third-order valence-corrected chi connectivity index (χ3v) is 3.08. The molecule has 2 aromatic carbocycles. The summed E-state index contributed by atoms with van der Waals surface area (Å²) < 4.78 is 25.9. The second-order valence-electron chi connectivity index (χ2n) is 5.20. The highest BCUT2D eigenvalue weighted by Crippen LogP contribution is 2.01. The third kappa shape index (κ3) is 7.00. The number of hydrazone groups is 2. The summed E-state index contributed by atoms with van der Waals surface area (Å²) in [4.78, 5) is 23.2. The van der Waals surface area contributed by atoms with Crippen LogP contribution in [0.15, 0.2) is 58.7 Å². The molecule has 0 saturated heterocycles. The van der Waals surface area contributed by atoms with Crippen LogP contribution in [0.5, 0.6) is 0 Å². The Hall–Kier alpha value is -3.42. The zero-order valence-electron chi connectivity index (χ0n) is 13.7. The SMILES string of the molecule is O=C(CCC(=O)NN=Cc1cccc(F)c1)NN=Cc1cccc(F)c1. The molecule has 0 saturated carbocycles. The van der Waals surface area contributed by atoms with Gasteiger partial charge in [-0.15, -0.1) is 0 Å². The predicted molar refractivity (Wildman–Crippen MR) is 93.5 cm³/mol. The maximum absolute atomic E-state index is 13.0. The second kappa shape index (κ2) is 9.77. The normalized spacial score (nSPS) is 11.0. The van der Waals surface area contributed by atoms with Crippen LogP contribution >= 0.6 is 0 Å². The van der Waals surface area contributed by atoms with Gasteiger partial charge in [-0.2, -0.15) is 10.2 Å². The summed E-state index contributed by atoms with van der Waals surface area (Å²) in [5.74, 6) is -1.75. The first-order valence-corrected chi connectivity index (χ1v) is 7.68. The Morgan fingerprint density at radius 1 is 0.808 bits per heavy atom. The minimum Gasteiger partial charge on any atom is -0.273 e. The molecule has 2 amide bonds. The highest BCUT2D eigenvalue weighted by atomic mass is 19.1. The van der Waals surface area contributed by atoms with Crippen molar-refractivity contribution in [1.82, 2.24) is 10.9 Å². The number of carbonyl (C=O) groups is 2. The molecule has 2 N–H and O–H groups in total. The number of halogens is 2. The highest BCUT2D eigenvalue weighted by molar-refractivity contribution is 5.86. The molecule has 2 rings (SSSR count). The van der Waals surface area contributed by atoms with E-state index in [0.29, 0.717) is 11.1 Å². The van der Waals surface area contributed by atoms with Gasteiger partial charge in [-0.3, -0.25) is 9.59 Å². The summed E-state index contributed by atoms with van der Waals surface area (Å²) in [6, 6.07) is 11.4. The molecule has 6 nitrogen and oxygen atoms in total. The minimum atomic E-state index is -0.470. The van der Waals surface area contributed by atoms with Crippen molar-refractivity contribution in [3.05, 3.63) is 71.3 Å². The van der Waals surface area contributed by atoms with E-state index in [1.165, 1.54) is 48.8 Å². The van der Waals surface area contributed by atoms with E-state index in [4.69, 9.17) is 0 Å². The van der Waals surface area contributed by atoms with Crippen molar-refractivity contribution in [1.29, 1.82) is 0 Å². The topological polar surface area (TPSA) is 82.9 Å². The van der Waals surface area contributed by atoms with Gasteiger partial charge in [0.1, 0.15) is 11.6 Å². The monoisotopic (exact) mass is 358 g/mol. The first kappa shape index (κ1) is 18.9. The molecule has 0 heterocycles. The molecule has 0 aliphatic heterocycles. The molecule has 0 radical (unpaired) electrons. The Morgan fingerprint density at radius 3 is 1.62 bits per heavy atom. The summed E-state index contributed by atoms with van der Waals surface area (Å²) in [5.41, 5.74) is 5.47. The van der Waals surface area contributed by atoms with Crippen LogP contribution in [0.4, 0.5) is 8.78 Å². The summed E-state index contributed by atoms with van der Waals surface area (Å²) in [7, 11) is 0.